The highest BCUT2D eigenvalue weighted by atomic mass is 16.5. The maximum atomic E-state index is 12.5. The van der Waals surface area contributed by atoms with Crippen LogP contribution in [0.15, 0.2) is 24.3 Å². The number of Topliss-reactive ketones (excluding diaryl/α,β-unsaturated/α-hetero) is 1. The number of rotatable bonds is 1. The van der Waals surface area contributed by atoms with Crippen LogP contribution >= 0.6 is 0 Å². The highest BCUT2D eigenvalue weighted by Crippen LogP contribution is 2.37. The Morgan fingerprint density at radius 1 is 1.18 bits per heavy atom. The molecule has 0 amide bonds. The van der Waals surface area contributed by atoms with Crippen LogP contribution in [-0.4, -0.2) is 29.5 Å². The van der Waals surface area contributed by atoms with E-state index in [9.17, 15) is 4.79 Å². The van der Waals surface area contributed by atoms with Gasteiger partial charge in [0.05, 0.1) is 5.56 Å². The number of para-hydroxylation sites is 1. The Morgan fingerprint density at radius 2 is 1.88 bits per heavy atom. The fraction of sp³-hybridized carbons (Fsp3) is 0.500. The summed E-state index contributed by atoms with van der Waals surface area (Å²) in [5.41, 5.74) is -0.0510. The van der Waals surface area contributed by atoms with Crippen LogP contribution in [0.2, 0.25) is 0 Å². The van der Waals surface area contributed by atoms with Crippen LogP contribution in [0.5, 0.6) is 5.75 Å². The molecule has 3 rings (SSSR count). The second-order valence-electron chi connectivity index (χ2n) is 4.96. The van der Waals surface area contributed by atoms with Crippen molar-refractivity contribution in [1.29, 1.82) is 0 Å². The molecule has 1 fully saturated rings. The number of likely N-dealkylation sites (tertiary alicyclic amines) is 1. The third-order valence-electron chi connectivity index (χ3n) is 3.82. The molecule has 90 valence electrons. The van der Waals surface area contributed by atoms with E-state index in [0.717, 1.165) is 37.2 Å². The molecule has 0 bridgehead atoms. The molecule has 17 heavy (non-hydrogen) atoms. The lowest BCUT2D eigenvalue weighted by atomic mass is 10.0. The number of hydrogen-bond donors (Lipinski definition) is 0. The van der Waals surface area contributed by atoms with Gasteiger partial charge in [-0.2, -0.15) is 0 Å². The van der Waals surface area contributed by atoms with Crippen molar-refractivity contribution in [2.24, 2.45) is 0 Å². The lowest BCUT2D eigenvalue weighted by molar-refractivity contribution is -0.0425. The standard InChI is InChI=1S/C14H17NO2/c1-14(15-9-5-2-6-10-15)13(16)11-7-3-4-8-12(11)17-14/h3-4,7-8H,2,5-6,9-10H2,1H3. The van der Waals surface area contributed by atoms with Crippen molar-refractivity contribution in [3.05, 3.63) is 29.8 Å². The lowest BCUT2D eigenvalue weighted by Crippen LogP contribution is -2.55. The van der Waals surface area contributed by atoms with Crippen molar-refractivity contribution < 1.29 is 9.53 Å². The van der Waals surface area contributed by atoms with Crippen LogP contribution in [-0.2, 0) is 0 Å². The molecule has 1 atom stereocenters. The maximum absolute atomic E-state index is 12.5. The fourth-order valence-corrected chi connectivity index (χ4v) is 2.78. The SMILES string of the molecule is CC1(N2CCCCC2)Oc2ccccc2C1=O. The van der Waals surface area contributed by atoms with Gasteiger partial charge in [-0.05, 0) is 31.9 Å². The highest BCUT2D eigenvalue weighted by Gasteiger charge is 2.48. The Labute approximate surface area is 101 Å². The van der Waals surface area contributed by atoms with Crippen molar-refractivity contribution in [2.75, 3.05) is 13.1 Å². The van der Waals surface area contributed by atoms with E-state index in [2.05, 4.69) is 4.90 Å². The fourth-order valence-electron chi connectivity index (χ4n) is 2.78. The Balaban J connectivity index is 1.93. The number of hydrogen-bond acceptors (Lipinski definition) is 3. The topological polar surface area (TPSA) is 29.5 Å². The first-order chi connectivity index (χ1) is 8.22. The predicted octanol–water partition coefficient (Wildman–Crippen LogP) is 2.46. The average molecular weight is 231 g/mol. The molecule has 3 heteroatoms. The maximum Gasteiger partial charge on any atom is 0.225 e. The molecule has 0 saturated carbocycles. The molecule has 2 heterocycles. The van der Waals surface area contributed by atoms with Gasteiger partial charge in [0, 0.05) is 13.1 Å². The zero-order valence-corrected chi connectivity index (χ0v) is 10.1. The van der Waals surface area contributed by atoms with Crippen LogP contribution in [0, 0.1) is 0 Å². The van der Waals surface area contributed by atoms with E-state index in [4.69, 9.17) is 4.74 Å². The number of fused-ring (bicyclic) bond motifs is 1. The normalized spacial score (nSPS) is 28.9. The third kappa shape index (κ3) is 1.57. The van der Waals surface area contributed by atoms with E-state index >= 15 is 0 Å². The van der Waals surface area contributed by atoms with Gasteiger partial charge < -0.3 is 4.74 Å². The lowest BCUT2D eigenvalue weighted by Gasteiger charge is -2.38. The molecule has 2 aliphatic heterocycles. The van der Waals surface area contributed by atoms with Gasteiger partial charge >= 0.3 is 0 Å². The van der Waals surface area contributed by atoms with E-state index in [0.29, 0.717) is 0 Å². The van der Waals surface area contributed by atoms with Crippen molar-refractivity contribution in [3.8, 4) is 5.75 Å². The van der Waals surface area contributed by atoms with Gasteiger partial charge in [0.15, 0.2) is 0 Å². The molecule has 1 aromatic rings. The third-order valence-corrected chi connectivity index (χ3v) is 3.82. The summed E-state index contributed by atoms with van der Waals surface area (Å²) in [5, 5.41) is 0. The monoisotopic (exact) mass is 231 g/mol. The zero-order chi connectivity index (χ0) is 11.9. The molecular formula is C14H17NO2. The Hall–Kier alpha value is -1.35. The minimum absolute atomic E-state index is 0.106. The van der Waals surface area contributed by atoms with Gasteiger partial charge in [0.1, 0.15) is 5.75 Å². The van der Waals surface area contributed by atoms with Crippen molar-refractivity contribution in [3.63, 3.8) is 0 Å². The van der Waals surface area contributed by atoms with Gasteiger partial charge in [-0.25, -0.2) is 0 Å². The first kappa shape index (κ1) is 10.8. The molecule has 1 unspecified atom stereocenters. The van der Waals surface area contributed by atoms with E-state index < -0.39 is 5.72 Å². The summed E-state index contributed by atoms with van der Waals surface area (Å²) in [5.74, 6) is 0.834. The molecule has 1 saturated heterocycles. The number of carbonyl (C=O) groups excluding carboxylic acids is 1. The predicted molar refractivity (Wildman–Crippen MR) is 65.2 cm³/mol. The Morgan fingerprint density at radius 3 is 2.59 bits per heavy atom. The van der Waals surface area contributed by atoms with Gasteiger partial charge in [-0.15, -0.1) is 0 Å². The van der Waals surface area contributed by atoms with E-state index in [1.54, 1.807) is 0 Å². The summed E-state index contributed by atoms with van der Waals surface area (Å²) in [6.07, 6.45) is 3.57. The summed E-state index contributed by atoms with van der Waals surface area (Å²) >= 11 is 0. The van der Waals surface area contributed by atoms with Gasteiger partial charge in [0.2, 0.25) is 11.5 Å². The van der Waals surface area contributed by atoms with Gasteiger partial charge in [-0.3, -0.25) is 9.69 Å². The van der Waals surface area contributed by atoms with Crippen LogP contribution in [0.3, 0.4) is 0 Å². The summed E-state index contributed by atoms with van der Waals surface area (Å²) < 4.78 is 5.92. The highest BCUT2D eigenvalue weighted by molar-refractivity contribution is 6.06. The molecule has 0 aromatic heterocycles. The first-order valence-corrected chi connectivity index (χ1v) is 6.30. The Kier molecular flexibility index (Phi) is 2.44. The number of ketones is 1. The van der Waals surface area contributed by atoms with Crippen molar-refractivity contribution >= 4 is 5.78 Å². The van der Waals surface area contributed by atoms with Gasteiger partial charge in [-0.1, -0.05) is 18.6 Å². The second-order valence-corrected chi connectivity index (χ2v) is 4.96. The quantitative estimate of drug-likeness (QED) is 0.743. The zero-order valence-electron chi connectivity index (χ0n) is 10.1. The van der Waals surface area contributed by atoms with Crippen molar-refractivity contribution in [2.45, 2.75) is 31.9 Å². The van der Waals surface area contributed by atoms with Gasteiger partial charge in [0.25, 0.3) is 0 Å². The van der Waals surface area contributed by atoms with Crippen molar-refractivity contribution in [1.82, 2.24) is 4.90 Å². The summed E-state index contributed by atoms with van der Waals surface area (Å²) in [6.45, 7) is 3.81. The minimum Gasteiger partial charge on any atom is -0.464 e. The summed E-state index contributed by atoms with van der Waals surface area (Å²) in [6, 6.07) is 7.53. The average Bonchev–Trinajstić information content (AvgIpc) is 2.65. The number of nitrogens with zero attached hydrogens (tertiary/aromatic N) is 1. The summed E-state index contributed by atoms with van der Waals surface area (Å²) in [4.78, 5) is 14.6. The molecule has 2 aliphatic rings. The van der Waals surface area contributed by atoms with Crippen LogP contribution in [0.1, 0.15) is 36.5 Å². The molecule has 0 spiro atoms. The molecule has 0 aliphatic carbocycles. The molecule has 3 nitrogen and oxygen atoms in total. The Bertz CT molecular complexity index is 451. The minimum atomic E-state index is -0.774. The number of carbonyl (C=O) groups is 1. The molecule has 0 radical (unpaired) electrons. The number of piperidine rings is 1. The summed E-state index contributed by atoms with van der Waals surface area (Å²) in [7, 11) is 0. The molecular weight excluding hydrogens is 214 g/mol. The van der Waals surface area contributed by atoms with E-state index in [-0.39, 0.29) is 5.78 Å². The van der Waals surface area contributed by atoms with E-state index in [1.807, 2.05) is 31.2 Å². The molecule has 1 aromatic carbocycles. The number of ether oxygens (including phenoxy) is 1. The van der Waals surface area contributed by atoms with Crippen LogP contribution < -0.4 is 4.74 Å². The smallest absolute Gasteiger partial charge is 0.225 e. The second kappa shape index (κ2) is 3.84. The van der Waals surface area contributed by atoms with E-state index in [1.165, 1.54) is 6.42 Å². The molecule has 0 N–H and O–H groups in total. The van der Waals surface area contributed by atoms with Crippen LogP contribution in [0.4, 0.5) is 0 Å². The number of benzene rings is 1. The first-order valence-electron chi connectivity index (χ1n) is 6.30. The largest absolute Gasteiger partial charge is 0.464 e. The van der Waals surface area contributed by atoms with Crippen LogP contribution in [0.25, 0.3) is 0 Å².